The Kier molecular flexibility index (Phi) is 6.24. The molecule has 0 unspecified atom stereocenters. The van der Waals surface area contributed by atoms with Crippen molar-refractivity contribution < 1.29 is 22.0 Å². The maximum atomic E-state index is 14.4. The summed E-state index contributed by atoms with van der Waals surface area (Å²) in [5.74, 6) is -1.71. The van der Waals surface area contributed by atoms with E-state index in [1.807, 2.05) is 48.8 Å². The lowest BCUT2D eigenvalue weighted by molar-refractivity contribution is -0.139. The quantitative estimate of drug-likeness (QED) is 0.147. The van der Waals surface area contributed by atoms with Crippen LogP contribution in [0.25, 0.3) is 65.3 Å². The number of rotatable bonds is 2. The van der Waals surface area contributed by atoms with E-state index in [4.69, 9.17) is 0 Å². The second-order valence-corrected chi connectivity index (χ2v) is 10.7. The number of nitriles is 2. The van der Waals surface area contributed by atoms with Gasteiger partial charge in [0.05, 0.1) is 16.3 Å². The van der Waals surface area contributed by atoms with Crippen LogP contribution in [0.3, 0.4) is 0 Å². The molecule has 0 aliphatic heterocycles. The van der Waals surface area contributed by atoms with Gasteiger partial charge in [-0.3, -0.25) is 0 Å². The third-order valence-electron chi connectivity index (χ3n) is 8.23. The number of aryl methyl sites for hydroxylation is 1. The van der Waals surface area contributed by atoms with E-state index in [0.717, 1.165) is 27.8 Å². The first-order valence-corrected chi connectivity index (χ1v) is 13.6. The lowest BCUT2D eigenvalue weighted by Gasteiger charge is -2.09. The zero-order chi connectivity index (χ0) is 31.6. The number of hydrogen-bond donors (Lipinski definition) is 0. The molecule has 0 amide bonds. The van der Waals surface area contributed by atoms with Gasteiger partial charge in [0, 0.05) is 21.5 Å². The molecule has 0 atom stereocenters. The van der Waals surface area contributed by atoms with Crippen LogP contribution in [0.2, 0.25) is 0 Å². The van der Waals surface area contributed by atoms with Crippen molar-refractivity contribution >= 4 is 43.1 Å². The lowest BCUT2D eigenvalue weighted by atomic mass is 10.0. The van der Waals surface area contributed by atoms with Gasteiger partial charge in [-0.05, 0) is 98.8 Å². The van der Waals surface area contributed by atoms with Crippen LogP contribution in [0, 0.1) is 41.5 Å². The molecule has 45 heavy (non-hydrogen) atoms. The highest BCUT2D eigenvalue weighted by Crippen LogP contribution is 2.37. The van der Waals surface area contributed by atoms with Gasteiger partial charge in [0.15, 0.2) is 0 Å². The van der Waals surface area contributed by atoms with Gasteiger partial charge in [0.2, 0.25) is 12.4 Å². The zero-order valence-corrected chi connectivity index (χ0v) is 23.3. The summed E-state index contributed by atoms with van der Waals surface area (Å²) in [6.07, 6.45) is -1.09. The highest BCUT2D eigenvalue weighted by Gasteiger charge is 2.34. The largest absolute Gasteiger partial charge is 0.419 e. The van der Waals surface area contributed by atoms with E-state index < -0.39 is 17.6 Å². The highest BCUT2D eigenvalue weighted by atomic mass is 19.4. The van der Waals surface area contributed by atoms with Gasteiger partial charge in [0.25, 0.3) is 0 Å². The molecule has 9 heteroatoms. The zero-order valence-electron chi connectivity index (χ0n) is 23.3. The van der Waals surface area contributed by atoms with Crippen LogP contribution in [0.4, 0.5) is 22.0 Å². The van der Waals surface area contributed by atoms with Crippen molar-refractivity contribution in [3.63, 3.8) is 0 Å². The number of nitrogens with zero attached hydrogens (tertiary/aromatic N) is 4. The fourth-order valence-corrected chi connectivity index (χ4v) is 6.07. The molecule has 0 aliphatic rings. The standard InChI is InChI=1S/C36H17F5N4/c1-18-2-3-21(12-32(18)37)19-4-7-23-25-14-30-26(15-29(25)34(44-16-42)27(23)10-19)24-8-5-20(11-28(24)35(30)45-17-43)22-6-9-31(33(38)13-22)36(39,40)41/h2-15H,1H3. The van der Waals surface area contributed by atoms with E-state index in [0.29, 0.717) is 60.4 Å². The van der Waals surface area contributed by atoms with Crippen molar-refractivity contribution in [2.45, 2.75) is 13.1 Å². The summed E-state index contributed by atoms with van der Waals surface area (Å²) in [5.41, 5.74) is 1.29. The van der Waals surface area contributed by atoms with Gasteiger partial charge in [-0.15, -0.1) is 0 Å². The van der Waals surface area contributed by atoms with E-state index in [2.05, 4.69) is 9.98 Å². The first-order chi connectivity index (χ1) is 21.6. The SMILES string of the molecule is Cc1ccc(-c2ccc3c(c2)c(=NC#N)c2cc4c(cc23)c(=NC#N)c2cc(-c3ccc(C(F)(F)F)c(F)c3)ccc24)cc1F. The second kappa shape index (κ2) is 10.1. The summed E-state index contributed by atoms with van der Waals surface area (Å²) in [4.78, 5) is 8.24. The molecule has 7 rings (SSSR count). The smallest absolute Gasteiger partial charge is 0.207 e. The summed E-state index contributed by atoms with van der Waals surface area (Å²) < 4.78 is 68.1. The second-order valence-electron chi connectivity index (χ2n) is 10.7. The lowest BCUT2D eigenvalue weighted by Crippen LogP contribution is -2.07. The van der Waals surface area contributed by atoms with Crippen LogP contribution in [0.15, 0.2) is 94.9 Å². The van der Waals surface area contributed by atoms with Gasteiger partial charge in [0.1, 0.15) is 11.6 Å². The Morgan fingerprint density at radius 1 is 0.511 bits per heavy atom. The molecule has 0 bridgehead atoms. The Morgan fingerprint density at radius 3 is 1.38 bits per heavy atom. The molecule has 0 saturated carbocycles. The van der Waals surface area contributed by atoms with E-state index in [1.165, 1.54) is 12.1 Å². The van der Waals surface area contributed by atoms with Crippen LogP contribution in [-0.2, 0) is 6.18 Å². The van der Waals surface area contributed by atoms with Gasteiger partial charge in [-0.25, -0.2) is 8.78 Å². The predicted octanol–water partition coefficient (Wildman–Crippen LogP) is 8.88. The van der Waals surface area contributed by atoms with Crippen LogP contribution < -0.4 is 10.7 Å². The fraction of sp³-hybridized carbons (Fsp3) is 0.0556. The van der Waals surface area contributed by atoms with Crippen molar-refractivity contribution in [1.82, 2.24) is 0 Å². The molecule has 0 spiro atoms. The van der Waals surface area contributed by atoms with Crippen molar-refractivity contribution in [1.29, 1.82) is 10.5 Å². The van der Waals surface area contributed by atoms with Crippen LogP contribution >= 0.6 is 0 Å². The molecular weight excluding hydrogens is 583 g/mol. The molecule has 0 aromatic heterocycles. The Bertz CT molecular complexity index is 2590. The fourth-order valence-electron chi connectivity index (χ4n) is 6.07. The molecule has 216 valence electrons. The van der Waals surface area contributed by atoms with Crippen molar-refractivity contribution in [3.8, 4) is 34.6 Å². The molecule has 0 radical (unpaired) electrons. The normalized spacial score (nSPS) is 12.9. The first-order valence-electron chi connectivity index (χ1n) is 13.6. The number of fused-ring (bicyclic) bond motifs is 6. The molecule has 0 fully saturated rings. The average molecular weight is 601 g/mol. The third kappa shape index (κ3) is 4.40. The molecule has 4 nitrogen and oxygen atoms in total. The number of halogens is 5. The predicted molar refractivity (Wildman–Crippen MR) is 162 cm³/mol. The Labute approximate surface area is 251 Å². The average Bonchev–Trinajstić information content (AvgIpc) is 3.48. The summed E-state index contributed by atoms with van der Waals surface area (Å²) in [5, 5.41) is 25.6. The summed E-state index contributed by atoms with van der Waals surface area (Å²) in [6, 6.07) is 22.2. The Balaban J connectivity index is 1.48. The van der Waals surface area contributed by atoms with Gasteiger partial charge in [-0.2, -0.15) is 33.7 Å². The summed E-state index contributed by atoms with van der Waals surface area (Å²) >= 11 is 0. The topological polar surface area (TPSA) is 72.3 Å². The van der Waals surface area contributed by atoms with Crippen LogP contribution in [0.1, 0.15) is 11.1 Å². The maximum absolute atomic E-state index is 14.4. The number of benzene rings is 5. The summed E-state index contributed by atoms with van der Waals surface area (Å²) in [7, 11) is 0. The molecule has 0 heterocycles. The summed E-state index contributed by atoms with van der Waals surface area (Å²) in [6.45, 7) is 1.69. The van der Waals surface area contributed by atoms with Gasteiger partial charge < -0.3 is 0 Å². The van der Waals surface area contributed by atoms with Crippen molar-refractivity contribution in [2.24, 2.45) is 9.98 Å². The van der Waals surface area contributed by atoms with Crippen LogP contribution in [-0.4, -0.2) is 0 Å². The minimum Gasteiger partial charge on any atom is -0.207 e. The van der Waals surface area contributed by atoms with Gasteiger partial charge >= 0.3 is 6.18 Å². The first kappa shape index (κ1) is 27.9. The van der Waals surface area contributed by atoms with Crippen molar-refractivity contribution in [2.75, 3.05) is 0 Å². The molecule has 0 aliphatic carbocycles. The molecule has 0 N–H and O–H groups in total. The van der Waals surface area contributed by atoms with E-state index in [1.54, 1.807) is 31.2 Å². The number of hydrogen-bond acceptors (Lipinski definition) is 4. The Morgan fingerprint density at radius 2 is 0.933 bits per heavy atom. The molecule has 0 saturated heterocycles. The van der Waals surface area contributed by atoms with E-state index in [-0.39, 0.29) is 11.4 Å². The van der Waals surface area contributed by atoms with E-state index in [9.17, 15) is 32.5 Å². The molecular formula is C36H17F5N4. The van der Waals surface area contributed by atoms with Gasteiger partial charge in [-0.1, -0.05) is 42.5 Å². The number of alkyl halides is 3. The monoisotopic (exact) mass is 600 g/mol. The molecule has 7 aromatic rings. The minimum absolute atomic E-state index is 0.236. The third-order valence-corrected chi connectivity index (χ3v) is 8.23. The molecule has 7 aromatic carbocycles. The Hall–Kier alpha value is -5.93. The van der Waals surface area contributed by atoms with Crippen LogP contribution in [0.5, 0.6) is 0 Å². The maximum Gasteiger partial charge on any atom is 0.419 e. The van der Waals surface area contributed by atoms with Crippen molar-refractivity contribution in [3.05, 3.63) is 118 Å². The minimum atomic E-state index is -4.82. The highest BCUT2D eigenvalue weighted by molar-refractivity contribution is 6.21. The van der Waals surface area contributed by atoms with E-state index >= 15 is 0 Å².